The van der Waals surface area contributed by atoms with Gasteiger partial charge in [-0.3, -0.25) is 4.79 Å². The summed E-state index contributed by atoms with van der Waals surface area (Å²) in [6.07, 6.45) is 2.23. The molecule has 4 nitrogen and oxygen atoms in total. The summed E-state index contributed by atoms with van der Waals surface area (Å²) in [6, 6.07) is 6.13. The molecule has 0 radical (unpaired) electrons. The van der Waals surface area contributed by atoms with Gasteiger partial charge in [-0.25, -0.2) is 0 Å². The van der Waals surface area contributed by atoms with Gasteiger partial charge in [0.05, 0.1) is 6.54 Å². The second-order valence-electron chi connectivity index (χ2n) is 4.27. The molecule has 16 heavy (non-hydrogen) atoms. The molecule has 1 amide bonds. The summed E-state index contributed by atoms with van der Waals surface area (Å²) in [4.78, 5) is 11.4. The maximum absolute atomic E-state index is 11.4. The van der Waals surface area contributed by atoms with E-state index in [-0.39, 0.29) is 5.91 Å². The fourth-order valence-electron chi connectivity index (χ4n) is 1.44. The van der Waals surface area contributed by atoms with E-state index in [1.807, 2.05) is 25.1 Å². The van der Waals surface area contributed by atoms with Gasteiger partial charge in [-0.2, -0.15) is 0 Å². The highest BCUT2D eigenvalue weighted by Crippen LogP contribution is 2.19. The highest BCUT2D eigenvalue weighted by molar-refractivity contribution is 5.81. The highest BCUT2D eigenvalue weighted by atomic mass is 16.2. The van der Waals surface area contributed by atoms with Gasteiger partial charge in [0.2, 0.25) is 5.91 Å². The van der Waals surface area contributed by atoms with E-state index in [1.54, 1.807) is 0 Å². The molecule has 0 unspecified atom stereocenters. The molecule has 0 bridgehead atoms. The Labute approximate surface area is 95.2 Å². The van der Waals surface area contributed by atoms with Crippen molar-refractivity contribution in [2.45, 2.75) is 25.8 Å². The number of hydrogen-bond acceptors (Lipinski definition) is 3. The lowest BCUT2D eigenvalue weighted by molar-refractivity contribution is -0.119. The number of aryl methyl sites for hydroxylation is 1. The molecule has 1 fully saturated rings. The lowest BCUT2D eigenvalue weighted by atomic mass is 10.2. The molecule has 0 heterocycles. The number of rotatable bonds is 4. The Hall–Kier alpha value is -1.71. The largest absolute Gasteiger partial charge is 0.398 e. The van der Waals surface area contributed by atoms with Crippen LogP contribution in [0.2, 0.25) is 0 Å². The minimum absolute atomic E-state index is 0.0432. The normalized spacial score (nSPS) is 14.6. The van der Waals surface area contributed by atoms with E-state index in [4.69, 9.17) is 5.73 Å². The Balaban J connectivity index is 1.83. The number of nitrogen functional groups attached to an aromatic ring is 1. The van der Waals surface area contributed by atoms with Crippen molar-refractivity contribution >= 4 is 17.3 Å². The third kappa shape index (κ3) is 2.89. The van der Waals surface area contributed by atoms with Crippen molar-refractivity contribution in [3.05, 3.63) is 23.8 Å². The van der Waals surface area contributed by atoms with Crippen molar-refractivity contribution in [1.82, 2.24) is 5.32 Å². The first-order chi connectivity index (χ1) is 7.65. The molecular formula is C12H17N3O. The highest BCUT2D eigenvalue weighted by Gasteiger charge is 2.22. The monoisotopic (exact) mass is 219 g/mol. The van der Waals surface area contributed by atoms with Gasteiger partial charge in [0.15, 0.2) is 0 Å². The predicted molar refractivity (Wildman–Crippen MR) is 65.2 cm³/mol. The zero-order valence-electron chi connectivity index (χ0n) is 9.42. The average molecular weight is 219 g/mol. The van der Waals surface area contributed by atoms with Crippen molar-refractivity contribution in [2.24, 2.45) is 0 Å². The van der Waals surface area contributed by atoms with Gasteiger partial charge in [0, 0.05) is 17.4 Å². The molecule has 1 aromatic rings. The van der Waals surface area contributed by atoms with Crippen molar-refractivity contribution in [1.29, 1.82) is 0 Å². The minimum Gasteiger partial charge on any atom is -0.398 e. The van der Waals surface area contributed by atoms with E-state index in [0.29, 0.717) is 12.6 Å². The number of carbonyl (C=O) groups excluding carboxylic acids is 1. The van der Waals surface area contributed by atoms with Crippen LogP contribution in [0.25, 0.3) is 0 Å². The molecule has 2 rings (SSSR count). The minimum atomic E-state index is 0.0432. The van der Waals surface area contributed by atoms with Gasteiger partial charge in [-0.05, 0) is 37.5 Å². The van der Waals surface area contributed by atoms with Crippen molar-refractivity contribution in [2.75, 3.05) is 17.6 Å². The topological polar surface area (TPSA) is 67.2 Å². The lowest BCUT2D eigenvalue weighted by Gasteiger charge is -2.08. The Morgan fingerprint density at radius 3 is 2.88 bits per heavy atom. The molecule has 0 aromatic heterocycles. The predicted octanol–water partition coefficient (Wildman–Crippen LogP) is 1.27. The molecule has 1 aliphatic carbocycles. The van der Waals surface area contributed by atoms with E-state index in [9.17, 15) is 4.79 Å². The fourth-order valence-corrected chi connectivity index (χ4v) is 1.44. The van der Waals surface area contributed by atoms with Gasteiger partial charge in [-0.1, -0.05) is 6.07 Å². The Morgan fingerprint density at radius 1 is 1.50 bits per heavy atom. The van der Waals surface area contributed by atoms with Gasteiger partial charge in [0.25, 0.3) is 0 Å². The quantitative estimate of drug-likeness (QED) is 0.668. The number of carbonyl (C=O) groups is 1. The molecule has 4 N–H and O–H groups in total. The SMILES string of the molecule is Cc1ccc(NCC(=O)NC2CC2)cc1N. The van der Waals surface area contributed by atoms with E-state index >= 15 is 0 Å². The summed E-state index contributed by atoms with van der Waals surface area (Å²) in [6.45, 7) is 2.26. The van der Waals surface area contributed by atoms with Crippen LogP contribution in [0.4, 0.5) is 11.4 Å². The van der Waals surface area contributed by atoms with Crippen LogP contribution in [0.3, 0.4) is 0 Å². The Morgan fingerprint density at radius 2 is 2.25 bits per heavy atom. The van der Waals surface area contributed by atoms with Crippen LogP contribution in [0.5, 0.6) is 0 Å². The smallest absolute Gasteiger partial charge is 0.239 e. The molecule has 86 valence electrons. The fraction of sp³-hybridized carbons (Fsp3) is 0.417. The number of benzene rings is 1. The van der Waals surface area contributed by atoms with Crippen LogP contribution in [0.1, 0.15) is 18.4 Å². The maximum Gasteiger partial charge on any atom is 0.239 e. The van der Waals surface area contributed by atoms with E-state index < -0.39 is 0 Å². The van der Waals surface area contributed by atoms with Crippen LogP contribution in [-0.4, -0.2) is 18.5 Å². The number of hydrogen-bond donors (Lipinski definition) is 3. The third-order valence-electron chi connectivity index (χ3n) is 2.67. The summed E-state index contributed by atoms with van der Waals surface area (Å²) in [5.74, 6) is 0.0432. The molecule has 0 atom stereocenters. The molecule has 0 spiro atoms. The summed E-state index contributed by atoms with van der Waals surface area (Å²) in [5.41, 5.74) is 8.45. The van der Waals surface area contributed by atoms with Crippen LogP contribution in [-0.2, 0) is 4.79 Å². The number of amides is 1. The van der Waals surface area contributed by atoms with Gasteiger partial charge in [0.1, 0.15) is 0 Å². The summed E-state index contributed by atoms with van der Waals surface area (Å²) in [5, 5.41) is 5.97. The first kappa shape index (κ1) is 10.8. The van der Waals surface area contributed by atoms with Crippen LogP contribution >= 0.6 is 0 Å². The molecule has 0 saturated heterocycles. The van der Waals surface area contributed by atoms with Crippen LogP contribution in [0, 0.1) is 6.92 Å². The lowest BCUT2D eigenvalue weighted by Crippen LogP contribution is -2.31. The molecule has 1 saturated carbocycles. The second-order valence-corrected chi connectivity index (χ2v) is 4.27. The maximum atomic E-state index is 11.4. The zero-order chi connectivity index (χ0) is 11.5. The molecule has 4 heteroatoms. The number of nitrogens with two attached hydrogens (primary N) is 1. The Bertz CT molecular complexity index is 399. The van der Waals surface area contributed by atoms with Crippen molar-refractivity contribution in [3.8, 4) is 0 Å². The third-order valence-corrected chi connectivity index (χ3v) is 2.67. The summed E-state index contributed by atoms with van der Waals surface area (Å²) in [7, 11) is 0. The van der Waals surface area contributed by atoms with E-state index in [1.165, 1.54) is 0 Å². The Kier molecular flexibility index (Phi) is 2.99. The summed E-state index contributed by atoms with van der Waals surface area (Å²) >= 11 is 0. The van der Waals surface area contributed by atoms with E-state index in [2.05, 4.69) is 10.6 Å². The first-order valence-corrected chi connectivity index (χ1v) is 5.54. The number of anilines is 2. The molecule has 1 aromatic carbocycles. The molecular weight excluding hydrogens is 202 g/mol. The van der Waals surface area contributed by atoms with Gasteiger partial charge < -0.3 is 16.4 Å². The van der Waals surface area contributed by atoms with Gasteiger partial charge >= 0.3 is 0 Å². The van der Waals surface area contributed by atoms with Crippen molar-refractivity contribution in [3.63, 3.8) is 0 Å². The first-order valence-electron chi connectivity index (χ1n) is 5.54. The van der Waals surface area contributed by atoms with Crippen LogP contribution in [0.15, 0.2) is 18.2 Å². The molecule has 0 aliphatic heterocycles. The van der Waals surface area contributed by atoms with E-state index in [0.717, 1.165) is 29.8 Å². The van der Waals surface area contributed by atoms with Gasteiger partial charge in [-0.15, -0.1) is 0 Å². The van der Waals surface area contributed by atoms with Crippen LogP contribution < -0.4 is 16.4 Å². The second kappa shape index (κ2) is 4.43. The summed E-state index contributed by atoms with van der Waals surface area (Å²) < 4.78 is 0. The molecule has 1 aliphatic rings. The standard InChI is InChI=1S/C12H17N3O/c1-8-2-3-10(6-11(8)13)14-7-12(16)15-9-4-5-9/h2-3,6,9,14H,4-5,7,13H2,1H3,(H,15,16). The van der Waals surface area contributed by atoms with Crippen molar-refractivity contribution < 1.29 is 4.79 Å². The zero-order valence-corrected chi connectivity index (χ0v) is 9.42. The number of nitrogens with one attached hydrogen (secondary N) is 2. The average Bonchev–Trinajstić information content (AvgIpc) is 3.04.